The molecular weight excluding hydrogens is 420 g/mol. The van der Waals surface area contributed by atoms with Crippen molar-refractivity contribution in [1.82, 2.24) is 14.2 Å². The standard InChI is InChI=1S/C25H32N4O2S/c1-17-15-20-21(16-18(17)2)25(31)29(24(20)30)10-6-5-9-27-11-13-28(14-12-27)23-19-7-3-4-8-22(19)32-26-23/h3-4,7-8,20-21H,5-6,9-16H2,1-2H3/t20-,21+. The van der Waals surface area contributed by atoms with E-state index in [1.54, 1.807) is 16.4 Å². The van der Waals surface area contributed by atoms with Crippen molar-refractivity contribution < 1.29 is 9.59 Å². The van der Waals surface area contributed by atoms with E-state index in [1.165, 1.54) is 21.2 Å². The smallest absolute Gasteiger partial charge is 0.233 e. The lowest BCUT2D eigenvalue weighted by molar-refractivity contribution is -0.140. The zero-order valence-corrected chi connectivity index (χ0v) is 19.9. The van der Waals surface area contributed by atoms with Crippen molar-refractivity contribution in [3.05, 3.63) is 35.4 Å². The van der Waals surface area contributed by atoms with E-state index in [0.717, 1.165) is 64.2 Å². The number of rotatable bonds is 6. The summed E-state index contributed by atoms with van der Waals surface area (Å²) in [6.07, 6.45) is 3.42. The second kappa shape index (κ2) is 8.94. The normalized spacial score (nSPS) is 24.7. The summed E-state index contributed by atoms with van der Waals surface area (Å²) in [4.78, 5) is 32.1. The number of hydrogen-bond acceptors (Lipinski definition) is 6. The molecule has 0 radical (unpaired) electrons. The molecule has 2 aromatic rings. The van der Waals surface area contributed by atoms with E-state index < -0.39 is 0 Å². The number of unbranched alkanes of at least 4 members (excludes halogenated alkanes) is 1. The summed E-state index contributed by atoms with van der Waals surface area (Å²) < 4.78 is 5.94. The molecule has 170 valence electrons. The van der Waals surface area contributed by atoms with Crippen LogP contribution in [-0.4, -0.2) is 65.3 Å². The largest absolute Gasteiger partial charge is 0.353 e. The minimum absolute atomic E-state index is 0.0657. The minimum atomic E-state index is -0.110. The Morgan fingerprint density at radius 2 is 1.53 bits per heavy atom. The zero-order chi connectivity index (χ0) is 22.2. The molecule has 6 nitrogen and oxygen atoms in total. The number of amides is 2. The highest BCUT2D eigenvalue weighted by atomic mass is 32.1. The predicted molar refractivity (Wildman–Crippen MR) is 129 cm³/mol. The van der Waals surface area contributed by atoms with E-state index in [9.17, 15) is 9.59 Å². The summed E-state index contributed by atoms with van der Waals surface area (Å²) >= 11 is 1.58. The van der Waals surface area contributed by atoms with Crippen LogP contribution in [0.4, 0.5) is 5.82 Å². The minimum Gasteiger partial charge on any atom is -0.353 e. The highest BCUT2D eigenvalue weighted by Crippen LogP contribution is 2.40. The fraction of sp³-hybridized carbons (Fsp3) is 0.560. The molecule has 1 aromatic heterocycles. The number of likely N-dealkylation sites (tertiary alicyclic amines) is 1. The van der Waals surface area contributed by atoms with Gasteiger partial charge in [0.25, 0.3) is 0 Å². The molecule has 0 bridgehead atoms. The molecule has 1 aromatic carbocycles. The Labute approximate surface area is 194 Å². The average molecular weight is 453 g/mol. The Kier molecular flexibility index (Phi) is 6.03. The number of allylic oxidation sites excluding steroid dienone is 2. The number of carbonyl (C=O) groups is 2. The second-order valence-electron chi connectivity index (χ2n) is 9.55. The first-order valence-electron chi connectivity index (χ1n) is 11.8. The molecule has 2 atom stereocenters. The number of nitrogens with zero attached hydrogens (tertiary/aromatic N) is 4. The van der Waals surface area contributed by atoms with Crippen molar-refractivity contribution in [3.63, 3.8) is 0 Å². The van der Waals surface area contributed by atoms with Crippen LogP contribution in [0.25, 0.3) is 10.1 Å². The van der Waals surface area contributed by atoms with Gasteiger partial charge >= 0.3 is 0 Å². The van der Waals surface area contributed by atoms with E-state index in [4.69, 9.17) is 4.37 Å². The van der Waals surface area contributed by atoms with Crippen molar-refractivity contribution in [2.24, 2.45) is 11.8 Å². The van der Waals surface area contributed by atoms with Crippen LogP contribution in [0, 0.1) is 11.8 Å². The molecule has 3 aliphatic rings. The van der Waals surface area contributed by atoms with E-state index in [-0.39, 0.29) is 23.7 Å². The fourth-order valence-electron chi connectivity index (χ4n) is 5.43. The van der Waals surface area contributed by atoms with Crippen LogP contribution >= 0.6 is 11.5 Å². The molecule has 2 saturated heterocycles. The molecule has 0 N–H and O–H groups in total. The van der Waals surface area contributed by atoms with Crippen LogP contribution in [0.2, 0.25) is 0 Å². The second-order valence-corrected chi connectivity index (χ2v) is 10.4. The van der Waals surface area contributed by atoms with Gasteiger partial charge in [0.15, 0.2) is 0 Å². The van der Waals surface area contributed by atoms with E-state index >= 15 is 0 Å². The third-order valence-corrected chi connectivity index (χ3v) is 8.39. The molecule has 1 aliphatic carbocycles. The van der Waals surface area contributed by atoms with Crippen molar-refractivity contribution in [2.45, 2.75) is 39.5 Å². The molecule has 5 rings (SSSR count). The number of aromatic nitrogens is 1. The Balaban J connectivity index is 1.07. The predicted octanol–water partition coefficient (Wildman–Crippen LogP) is 3.93. The van der Waals surface area contributed by atoms with Gasteiger partial charge < -0.3 is 4.90 Å². The summed E-state index contributed by atoms with van der Waals surface area (Å²) in [7, 11) is 0. The SMILES string of the molecule is CC1=C(C)C[C@H]2C(=O)N(CCCCN3CCN(c4nsc5ccccc45)CC3)C(=O)[C@H]2C1. The molecule has 32 heavy (non-hydrogen) atoms. The first-order chi connectivity index (χ1) is 15.5. The maximum atomic E-state index is 12.8. The highest BCUT2D eigenvalue weighted by molar-refractivity contribution is 7.13. The van der Waals surface area contributed by atoms with Gasteiger partial charge in [0, 0.05) is 38.1 Å². The molecular formula is C25H32N4O2S. The first kappa shape index (κ1) is 21.6. The third kappa shape index (κ3) is 3.97. The maximum Gasteiger partial charge on any atom is 0.233 e. The number of anilines is 1. The van der Waals surface area contributed by atoms with Gasteiger partial charge in [-0.25, -0.2) is 0 Å². The van der Waals surface area contributed by atoms with Gasteiger partial charge in [0.05, 0.1) is 16.5 Å². The number of fused-ring (bicyclic) bond motifs is 2. The number of piperazine rings is 1. The summed E-state index contributed by atoms with van der Waals surface area (Å²) in [6, 6.07) is 8.45. The average Bonchev–Trinajstić information content (AvgIpc) is 3.33. The molecule has 0 saturated carbocycles. The van der Waals surface area contributed by atoms with Crippen molar-refractivity contribution in [1.29, 1.82) is 0 Å². The van der Waals surface area contributed by atoms with Crippen LogP contribution in [0.3, 0.4) is 0 Å². The van der Waals surface area contributed by atoms with Crippen molar-refractivity contribution >= 4 is 39.3 Å². The zero-order valence-electron chi connectivity index (χ0n) is 19.0. The maximum absolute atomic E-state index is 12.8. The molecule has 0 unspecified atom stereocenters. The monoisotopic (exact) mass is 452 g/mol. The first-order valence-corrected chi connectivity index (χ1v) is 12.6. The van der Waals surface area contributed by atoms with Gasteiger partial charge in [-0.1, -0.05) is 23.3 Å². The Morgan fingerprint density at radius 1 is 0.906 bits per heavy atom. The Morgan fingerprint density at radius 3 is 2.22 bits per heavy atom. The van der Waals surface area contributed by atoms with Gasteiger partial charge in [-0.2, -0.15) is 4.37 Å². The Bertz CT molecular complexity index is 1020. The summed E-state index contributed by atoms with van der Waals surface area (Å²) in [5.74, 6) is 1.03. The van der Waals surface area contributed by atoms with Gasteiger partial charge in [-0.05, 0) is 69.7 Å². The molecule has 3 heterocycles. The van der Waals surface area contributed by atoms with E-state index in [1.807, 2.05) is 0 Å². The van der Waals surface area contributed by atoms with Crippen LogP contribution in [0.1, 0.15) is 39.5 Å². The van der Waals surface area contributed by atoms with Crippen LogP contribution in [0.5, 0.6) is 0 Å². The molecule has 7 heteroatoms. The number of benzene rings is 1. The lowest BCUT2D eigenvalue weighted by atomic mass is 9.78. The summed E-state index contributed by atoms with van der Waals surface area (Å²) in [5.41, 5.74) is 2.58. The molecule has 2 aliphatic heterocycles. The third-order valence-electron chi connectivity index (χ3n) is 7.57. The summed E-state index contributed by atoms with van der Waals surface area (Å²) in [6.45, 7) is 9.84. The van der Waals surface area contributed by atoms with Gasteiger partial charge in [-0.15, -0.1) is 0 Å². The molecule has 0 spiro atoms. The van der Waals surface area contributed by atoms with E-state index in [2.05, 4.69) is 47.9 Å². The lowest BCUT2D eigenvalue weighted by Gasteiger charge is -2.35. The van der Waals surface area contributed by atoms with Crippen LogP contribution in [0.15, 0.2) is 35.4 Å². The quantitative estimate of drug-likeness (QED) is 0.378. The molecule has 2 amide bonds. The van der Waals surface area contributed by atoms with Crippen LogP contribution in [-0.2, 0) is 9.59 Å². The van der Waals surface area contributed by atoms with Crippen molar-refractivity contribution in [2.75, 3.05) is 44.2 Å². The van der Waals surface area contributed by atoms with E-state index in [0.29, 0.717) is 6.54 Å². The van der Waals surface area contributed by atoms with Crippen LogP contribution < -0.4 is 4.90 Å². The number of hydrogen-bond donors (Lipinski definition) is 0. The van der Waals surface area contributed by atoms with Crippen molar-refractivity contribution in [3.8, 4) is 0 Å². The van der Waals surface area contributed by atoms with Gasteiger partial charge in [0.2, 0.25) is 11.8 Å². The van der Waals surface area contributed by atoms with Gasteiger partial charge in [-0.3, -0.25) is 19.4 Å². The van der Waals surface area contributed by atoms with Gasteiger partial charge in [0.1, 0.15) is 5.82 Å². The number of carbonyl (C=O) groups excluding carboxylic acids is 2. The summed E-state index contributed by atoms with van der Waals surface area (Å²) in [5, 5.41) is 1.26. The Hall–Kier alpha value is -2.25. The topological polar surface area (TPSA) is 56.8 Å². The lowest BCUT2D eigenvalue weighted by Crippen LogP contribution is -2.46. The molecule has 2 fully saturated rings. The fourth-order valence-corrected chi connectivity index (χ4v) is 6.23. The number of imide groups is 1. The highest BCUT2D eigenvalue weighted by Gasteiger charge is 2.48.